The Hall–Kier alpha value is -3.48. The number of rotatable bonds is 9. The predicted molar refractivity (Wildman–Crippen MR) is 106 cm³/mol. The van der Waals surface area contributed by atoms with Crippen LogP contribution in [-0.2, 0) is 17.8 Å². The van der Waals surface area contributed by atoms with Gasteiger partial charge in [-0.05, 0) is 36.4 Å². The number of carbonyl (C=O) groups excluding carboxylic acids is 1. The first-order chi connectivity index (χ1) is 13.7. The van der Waals surface area contributed by atoms with Crippen molar-refractivity contribution in [1.82, 2.24) is 9.78 Å². The van der Waals surface area contributed by atoms with Gasteiger partial charge in [-0.1, -0.05) is 6.07 Å². The summed E-state index contributed by atoms with van der Waals surface area (Å²) in [5.41, 5.74) is 1.43. The van der Waals surface area contributed by atoms with Gasteiger partial charge < -0.3 is 19.5 Å². The molecule has 1 N–H and O–H groups in total. The van der Waals surface area contributed by atoms with Crippen molar-refractivity contribution in [2.75, 3.05) is 26.1 Å². The fourth-order valence-corrected chi connectivity index (χ4v) is 2.75. The number of carbonyl (C=O) groups is 1. The van der Waals surface area contributed by atoms with E-state index in [4.69, 9.17) is 14.2 Å². The third-order valence-electron chi connectivity index (χ3n) is 4.10. The van der Waals surface area contributed by atoms with Crippen LogP contribution in [0.25, 0.3) is 0 Å². The zero-order valence-corrected chi connectivity index (χ0v) is 15.9. The Bertz CT molecular complexity index is 910. The van der Waals surface area contributed by atoms with Gasteiger partial charge in [-0.15, -0.1) is 0 Å². The van der Waals surface area contributed by atoms with E-state index in [2.05, 4.69) is 10.4 Å². The van der Waals surface area contributed by atoms with Crippen molar-refractivity contribution in [3.63, 3.8) is 0 Å². The van der Waals surface area contributed by atoms with E-state index in [0.717, 1.165) is 5.56 Å². The Morgan fingerprint density at radius 2 is 1.96 bits per heavy atom. The van der Waals surface area contributed by atoms with Gasteiger partial charge in [0.15, 0.2) is 0 Å². The molecule has 0 aliphatic rings. The Morgan fingerprint density at radius 1 is 1.07 bits per heavy atom. The summed E-state index contributed by atoms with van der Waals surface area (Å²) in [5, 5.41) is 7.02. The number of nitrogens with zero attached hydrogens (tertiary/aromatic N) is 2. The van der Waals surface area contributed by atoms with Gasteiger partial charge in [0, 0.05) is 29.7 Å². The number of benzene rings is 2. The quantitative estimate of drug-likeness (QED) is 0.616. The van der Waals surface area contributed by atoms with Crippen molar-refractivity contribution in [2.24, 2.45) is 0 Å². The Morgan fingerprint density at radius 3 is 2.71 bits per heavy atom. The molecular formula is C21H23N3O4. The van der Waals surface area contributed by atoms with Crippen molar-refractivity contribution in [1.29, 1.82) is 0 Å². The molecule has 0 saturated heterocycles. The lowest BCUT2D eigenvalue weighted by molar-refractivity contribution is -0.115. The van der Waals surface area contributed by atoms with E-state index in [9.17, 15) is 4.79 Å². The molecule has 0 fully saturated rings. The van der Waals surface area contributed by atoms with Crippen LogP contribution in [-0.4, -0.2) is 36.5 Å². The molecule has 0 spiro atoms. The van der Waals surface area contributed by atoms with Crippen LogP contribution in [0.2, 0.25) is 0 Å². The largest absolute Gasteiger partial charge is 0.497 e. The molecule has 7 heteroatoms. The Balaban J connectivity index is 1.58. The van der Waals surface area contributed by atoms with Gasteiger partial charge in [0.2, 0.25) is 5.91 Å². The van der Waals surface area contributed by atoms with Gasteiger partial charge in [-0.25, -0.2) is 0 Å². The highest BCUT2D eigenvalue weighted by Gasteiger charge is 2.11. The minimum Gasteiger partial charge on any atom is -0.497 e. The van der Waals surface area contributed by atoms with Crippen molar-refractivity contribution in [2.45, 2.75) is 13.0 Å². The lowest BCUT2D eigenvalue weighted by Gasteiger charge is -2.12. The van der Waals surface area contributed by atoms with E-state index in [1.807, 2.05) is 30.5 Å². The summed E-state index contributed by atoms with van der Waals surface area (Å²) in [6, 6.07) is 14.6. The number of aromatic nitrogens is 2. The normalized spacial score (nSPS) is 10.4. The summed E-state index contributed by atoms with van der Waals surface area (Å²) < 4.78 is 18.1. The van der Waals surface area contributed by atoms with Crippen LogP contribution in [0.4, 0.5) is 5.69 Å². The van der Waals surface area contributed by atoms with Crippen LogP contribution in [0.5, 0.6) is 17.2 Å². The molecule has 28 heavy (non-hydrogen) atoms. The zero-order chi connectivity index (χ0) is 19.8. The third kappa shape index (κ3) is 5.26. The second kappa shape index (κ2) is 9.45. The lowest BCUT2D eigenvalue weighted by Crippen LogP contribution is -2.15. The van der Waals surface area contributed by atoms with Gasteiger partial charge in [0.05, 0.1) is 27.2 Å². The Kier molecular flexibility index (Phi) is 6.51. The molecule has 0 radical (unpaired) electrons. The molecule has 2 aromatic carbocycles. The average molecular weight is 381 g/mol. The molecule has 3 rings (SSSR count). The number of ether oxygens (including phenoxy) is 3. The molecule has 0 atom stereocenters. The summed E-state index contributed by atoms with van der Waals surface area (Å²) in [7, 11) is 3.16. The molecule has 1 aromatic heterocycles. The van der Waals surface area contributed by atoms with Gasteiger partial charge in [-0.3, -0.25) is 9.48 Å². The van der Waals surface area contributed by atoms with Crippen molar-refractivity contribution >= 4 is 11.6 Å². The van der Waals surface area contributed by atoms with Crippen LogP contribution >= 0.6 is 0 Å². The summed E-state index contributed by atoms with van der Waals surface area (Å²) in [6.45, 7) is 1.14. The predicted octanol–water partition coefficient (Wildman–Crippen LogP) is 3.16. The van der Waals surface area contributed by atoms with Crippen molar-refractivity contribution < 1.29 is 19.0 Å². The van der Waals surface area contributed by atoms with E-state index < -0.39 is 0 Å². The second-order valence-electron chi connectivity index (χ2n) is 6.05. The SMILES string of the molecule is COc1ccc(OC)c(CC(=O)Nc2cccc(OCCn3cccn3)c2)c1. The van der Waals surface area contributed by atoms with Gasteiger partial charge in [0.1, 0.15) is 23.9 Å². The Labute approximate surface area is 163 Å². The molecule has 146 valence electrons. The molecule has 3 aromatic rings. The molecule has 0 bridgehead atoms. The molecule has 1 heterocycles. The standard InChI is InChI=1S/C21H23N3O4/c1-26-18-7-8-20(27-2)16(13-18)14-21(25)23-17-5-3-6-19(15-17)28-12-11-24-10-4-9-22-24/h3-10,13,15H,11-12,14H2,1-2H3,(H,23,25). The minimum absolute atomic E-state index is 0.153. The van der Waals surface area contributed by atoms with Crippen LogP contribution in [0.15, 0.2) is 60.9 Å². The molecule has 0 aliphatic carbocycles. The number of hydrogen-bond donors (Lipinski definition) is 1. The van der Waals surface area contributed by atoms with Crippen LogP contribution < -0.4 is 19.5 Å². The van der Waals surface area contributed by atoms with Crippen LogP contribution in [0, 0.1) is 0 Å². The zero-order valence-electron chi connectivity index (χ0n) is 15.9. The maximum Gasteiger partial charge on any atom is 0.228 e. The number of hydrogen-bond acceptors (Lipinski definition) is 5. The first-order valence-corrected chi connectivity index (χ1v) is 8.89. The minimum atomic E-state index is -0.153. The van der Waals surface area contributed by atoms with Crippen molar-refractivity contribution in [3.8, 4) is 17.2 Å². The maximum absolute atomic E-state index is 12.5. The van der Waals surface area contributed by atoms with E-state index >= 15 is 0 Å². The summed E-state index contributed by atoms with van der Waals surface area (Å²) in [5.74, 6) is 1.85. The van der Waals surface area contributed by atoms with Crippen molar-refractivity contribution in [3.05, 3.63) is 66.5 Å². The molecular weight excluding hydrogens is 358 g/mol. The third-order valence-corrected chi connectivity index (χ3v) is 4.10. The van der Waals surface area contributed by atoms with E-state index in [1.54, 1.807) is 49.4 Å². The highest BCUT2D eigenvalue weighted by atomic mass is 16.5. The molecule has 0 saturated carbocycles. The average Bonchev–Trinajstić information content (AvgIpc) is 3.21. The van der Waals surface area contributed by atoms with E-state index in [-0.39, 0.29) is 12.3 Å². The highest BCUT2D eigenvalue weighted by Crippen LogP contribution is 2.25. The number of anilines is 1. The molecule has 0 unspecified atom stereocenters. The number of methoxy groups -OCH3 is 2. The summed E-state index contributed by atoms with van der Waals surface area (Å²) >= 11 is 0. The fraction of sp³-hybridized carbons (Fsp3) is 0.238. The number of amides is 1. The van der Waals surface area contributed by atoms with E-state index in [1.165, 1.54) is 0 Å². The second-order valence-corrected chi connectivity index (χ2v) is 6.05. The smallest absolute Gasteiger partial charge is 0.228 e. The van der Waals surface area contributed by atoms with E-state index in [0.29, 0.717) is 36.1 Å². The summed E-state index contributed by atoms with van der Waals surface area (Å²) in [6.07, 6.45) is 3.78. The fourth-order valence-electron chi connectivity index (χ4n) is 2.75. The molecule has 0 aliphatic heterocycles. The molecule has 7 nitrogen and oxygen atoms in total. The lowest BCUT2D eigenvalue weighted by atomic mass is 10.1. The monoisotopic (exact) mass is 381 g/mol. The van der Waals surface area contributed by atoms with Gasteiger partial charge in [0.25, 0.3) is 0 Å². The first-order valence-electron chi connectivity index (χ1n) is 8.89. The number of nitrogens with one attached hydrogen (secondary N) is 1. The van der Waals surface area contributed by atoms with Gasteiger partial charge >= 0.3 is 0 Å². The highest BCUT2D eigenvalue weighted by molar-refractivity contribution is 5.92. The maximum atomic E-state index is 12.5. The van der Waals surface area contributed by atoms with Crippen LogP contribution in [0.3, 0.4) is 0 Å². The molecule has 1 amide bonds. The first kappa shape index (κ1) is 19.3. The topological polar surface area (TPSA) is 74.6 Å². The van der Waals surface area contributed by atoms with Gasteiger partial charge in [-0.2, -0.15) is 5.10 Å². The van der Waals surface area contributed by atoms with Crippen LogP contribution in [0.1, 0.15) is 5.56 Å². The summed E-state index contributed by atoms with van der Waals surface area (Å²) in [4.78, 5) is 12.5.